The van der Waals surface area contributed by atoms with Crippen molar-refractivity contribution < 1.29 is 4.79 Å². The maximum absolute atomic E-state index is 12.4. The Morgan fingerprint density at radius 3 is 2.73 bits per heavy atom. The zero-order chi connectivity index (χ0) is 18.4. The largest absolute Gasteiger partial charge is 0.352 e. The van der Waals surface area contributed by atoms with Gasteiger partial charge in [0.15, 0.2) is 11.5 Å². The maximum atomic E-state index is 12.4. The van der Waals surface area contributed by atoms with Crippen LogP contribution in [0.2, 0.25) is 0 Å². The molecule has 1 amide bonds. The third kappa shape index (κ3) is 4.63. The molecule has 26 heavy (non-hydrogen) atoms. The highest BCUT2D eigenvalue weighted by atomic mass is 16.1. The van der Waals surface area contributed by atoms with Gasteiger partial charge in [-0.05, 0) is 37.3 Å². The van der Waals surface area contributed by atoms with Crippen molar-refractivity contribution in [2.75, 3.05) is 11.9 Å². The smallest absolute Gasteiger partial charge is 0.251 e. The minimum Gasteiger partial charge on any atom is -0.352 e. The lowest BCUT2D eigenvalue weighted by Gasteiger charge is -2.11. The fraction of sp³-hybridized carbons (Fsp3) is 0.316. The van der Waals surface area contributed by atoms with Crippen molar-refractivity contribution in [2.45, 2.75) is 31.8 Å². The minimum atomic E-state index is -0.382. The molecule has 7 heteroatoms. The highest BCUT2D eigenvalue weighted by molar-refractivity contribution is 5.95. The molecule has 1 aliphatic heterocycles. The van der Waals surface area contributed by atoms with Gasteiger partial charge >= 0.3 is 0 Å². The first-order valence-corrected chi connectivity index (χ1v) is 8.43. The molecule has 0 spiro atoms. The summed E-state index contributed by atoms with van der Waals surface area (Å²) in [6.07, 6.45) is 7.31. The van der Waals surface area contributed by atoms with Gasteiger partial charge in [0, 0.05) is 37.1 Å². The number of nitrogens with one attached hydrogen (secondary N) is 2. The Bertz CT molecular complexity index is 847. The number of benzene rings is 1. The van der Waals surface area contributed by atoms with E-state index in [1.807, 2.05) is 31.2 Å². The quantitative estimate of drug-likeness (QED) is 0.717. The molecule has 2 N–H and O–H groups in total. The van der Waals surface area contributed by atoms with E-state index in [2.05, 4.69) is 37.0 Å². The number of nitrogens with zero attached hydrogens (tertiary/aromatic N) is 4. The normalized spacial score (nSPS) is 13.7. The van der Waals surface area contributed by atoms with Gasteiger partial charge in [-0.3, -0.25) is 4.79 Å². The lowest BCUT2D eigenvalue weighted by Crippen LogP contribution is -2.28. The van der Waals surface area contributed by atoms with E-state index in [9.17, 15) is 4.79 Å². The van der Waals surface area contributed by atoms with E-state index in [-0.39, 0.29) is 11.6 Å². The van der Waals surface area contributed by atoms with Crippen molar-refractivity contribution in [3.63, 3.8) is 0 Å². The summed E-state index contributed by atoms with van der Waals surface area (Å²) in [7, 11) is 0. The molecular weight excluding hydrogens is 328 g/mol. The zero-order valence-corrected chi connectivity index (χ0v) is 14.6. The summed E-state index contributed by atoms with van der Waals surface area (Å²) in [4.78, 5) is 12.4. The predicted molar refractivity (Wildman–Crippen MR) is 99.1 cm³/mol. The van der Waals surface area contributed by atoms with Crippen molar-refractivity contribution in [3.05, 3.63) is 47.7 Å². The fourth-order valence-electron chi connectivity index (χ4n) is 2.50. The Balaban J connectivity index is 1.53. The van der Waals surface area contributed by atoms with Crippen LogP contribution in [-0.4, -0.2) is 28.3 Å². The number of aromatic nitrogens is 2. The van der Waals surface area contributed by atoms with Crippen molar-refractivity contribution in [2.24, 2.45) is 10.2 Å². The molecule has 2 aromatic rings. The molecule has 2 heterocycles. The predicted octanol–water partition coefficient (Wildman–Crippen LogP) is 3.22. The van der Waals surface area contributed by atoms with E-state index < -0.39 is 0 Å². The molecule has 1 aromatic heterocycles. The van der Waals surface area contributed by atoms with Gasteiger partial charge in [-0.2, -0.15) is 15.3 Å². The monoisotopic (exact) mass is 348 g/mol. The standard InChI is InChI=1S/C19H20N6O/c1-3-4-10-19(24-25-19)11-12-20-18(26)15-6-5-7-16(13-15)21-17-9-8-14(2)22-23-17/h1,5-9,13H,4,10-12H2,2H3,(H,20,26)(H,21,23). The van der Waals surface area contributed by atoms with Crippen molar-refractivity contribution in [1.82, 2.24) is 15.5 Å². The van der Waals surface area contributed by atoms with Crippen molar-refractivity contribution in [1.29, 1.82) is 0 Å². The third-order valence-corrected chi connectivity index (χ3v) is 4.06. The second-order valence-electron chi connectivity index (χ2n) is 6.16. The van der Waals surface area contributed by atoms with Gasteiger partial charge in [0.2, 0.25) is 0 Å². The number of carbonyl (C=O) groups is 1. The summed E-state index contributed by atoms with van der Waals surface area (Å²) >= 11 is 0. The van der Waals surface area contributed by atoms with E-state index in [0.717, 1.165) is 17.8 Å². The van der Waals surface area contributed by atoms with Crippen LogP contribution < -0.4 is 10.6 Å². The highest BCUT2D eigenvalue weighted by Crippen LogP contribution is 2.36. The van der Waals surface area contributed by atoms with E-state index in [1.165, 1.54) is 0 Å². The molecule has 0 atom stereocenters. The van der Waals surface area contributed by atoms with Crippen LogP contribution in [0.1, 0.15) is 35.3 Å². The second-order valence-corrected chi connectivity index (χ2v) is 6.16. The second kappa shape index (κ2) is 7.74. The van der Waals surface area contributed by atoms with Gasteiger partial charge in [-0.15, -0.1) is 17.4 Å². The van der Waals surface area contributed by atoms with Crippen molar-refractivity contribution >= 4 is 17.4 Å². The van der Waals surface area contributed by atoms with Gasteiger partial charge in [-0.25, -0.2) is 0 Å². The molecule has 0 bridgehead atoms. The first-order chi connectivity index (χ1) is 12.6. The van der Waals surface area contributed by atoms with Gasteiger partial charge in [0.25, 0.3) is 5.91 Å². The summed E-state index contributed by atoms with van der Waals surface area (Å²) in [5, 5.41) is 22.2. The maximum Gasteiger partial charge on any atom is 0.251 e. The number of hydrogen-bond acceptors (Lipinski definition) is 6. The molecule has 7 nitrogen and oxygen atoms in total. The number of rotatable bonds is 8. The van der Waals surface area contributed by atoms with Gasteiger partial charge in [-0.1, -0.05) is 6.07 Å². The van der Waals surface area contributed by atoms with Crippen LogP contribution in [0.5, 0.6) is 0 Å². The Morgan fingerprint density at radius 2 is 2.04 bits per heavy atom. The number of amides is 1. The highest BCUT2D eigenvalue weighted by Gasteiger charge is 2.38. The fourth-order valence-corrected chi connectivity index (χ4v) is 2.50. The zero-order valence-electron chi connectivity index (χ0n) is 14.6. The molecular formula is C19H20N6O. The summed E-state index contributed by atoms with van der Waals surface area (Å²) in [6.45, 7) is 2.37. The minimum absolute atomic E-state index is 0.142. The third-order valence-electron chi connectivity index (χ3n) is 4.06. The number of carbonyl (C=O) groups excluding carboxylic acids is 1. The molecule has 0 radical (unpaired) electrons. The average molecular weight is 348 g/mol. The van der Waals surface area contributed by atoms with Crippen LogP contribution in [-0.2, 0) is 0 Å². The first kappa shape index (κ1) is 17.5. The van der Waals surface area contributed by atoms with Crippen molar-refractivity contribution in [3.8, 4) is 12.3 Å². The molecule has 132 valence electrons. The first-order valence-electron chi connectivity index (χ1n) is 8.43. The lowest BCUT2D eigenvalue weighted by atomic mass is 10.0. The SMILES string of the molecule is C#CCCC1(CCNC(=O)c2cccc(Nc3ccc(C)nn3)c2)N=N1. The molecule has 0 aliphatic carbocycles. The van der Waals surface area contributed by atoms with Crippen LogP contribution in [0.4, 0.5) is 11.5 Å². The Kier molecular flexibility index (Phi) is 5.23. The van der Waals surface area contributed by atoms with E-state index in [4.69, 9.17) is 6.42 Å². The van der Waals surface area contributed by atoms with Gasteiger partial charge < -0.3 is 10.6 Å². The number of hydrogen-bond donors (Lipinski definition) is 2. The van der Waals surface area contributed by atoms with Crippen LogP contribution >= 0.6 is 0 Å². The van der Waals surface area contributed by atoms with E-state index in [1.54, 1.807) is 12.1 Å². The Labute approximate surface area is 152 Å². The lowest BCUT2D eigenvalue weighted by molar-refractivity contribution is 0.0952. The summed E-state index contributed by atoms with van der Waals surface area (Å²) < 4.78 is 0. The average Bonchev–Trinajstić information content (AvgIpc) is 3.42. The molecule has 0 unspecified atom stereocenters. The Hall–Kier alpha value is -3.27. The number of terminal acetylenes is 1. The molecule has 1 aromatic carbocycles. The molecule has 0 fully saturated rings. The number of anilines is 2. The topological polar surface area (TPSA) is 91.6 Å². The Morgan fingerprint density at radius 1 is 1.19 bits per heavy atom. The van der Waals surface area contributed by atoms with Crippen LogP contribution in [0.15, 0.2) is 46.6 Å². The van der Waals surface area contributed by atoms with Crippen LogP contribution in [0, 0.1) is 19.3 Å². The van der Waals surface area contributed by atoms with E-state index in [0.29, 0.717) is 30.8 Å². The molecule has 0 saturated heterocycles. The summed E-state index contributed by atoms with van der Waals surface area (Å²) in [5.74, 6) is 3.08. The molecule has 3 rings (SSSR count). The summed E-state index contributed by atoms with van der Waals surface area (Å²) in [6, 6.07) is 10.9. The summed E-state index contributed by atoms with van der Waals surface area (Å²) in [5.41, 5.74) is 1.80. The van der Waals surface area contributed by atoms with Crippen LogP contribution in [0.25, 0.3) is 0 Å². The molecule has 1 aliphatic rings. The van der Waals surface area contributed by atoms with Gasteiger partial charge in [0.1, 0.15) is 0 Å². The van der Waals surface area contributed by atoms with Crippen LogP contribution in [0.3, 0.4) is 0 Å². The van der Waals surface area contributed by atoms with Gasteiger partial charge in [0.05, 0.1) is 5.69 Å². The van der Waals surface area contributed by atoms with E-state index >= 15 is 0 Å². The molecule has 0 saturated carbocycles. The number of aryl methyl sites for hydroxylation is 1.